The Hall–Kier alpha value is -2.56. The molecule has 5 nitrogen and oxygen atoms in total. The first-order chi connectivity index (χ1) is 10.7. The van der Waals surface area contributed by atoms with Gasteiger partial charge in [0.25, 0.3) is 0 Å². The monoisotopic (exact) mass is 298 g/mol. The standard InChI is InChI=1S/C17H18N2O3/c1-19(14-8-9-15-16(11-14)22-12-21-15)17(20)7-4-6-13-5-2-3-10-18-13/h2-3,5,8-11H,4,6-7,12H2,1H3. The van der Waals surface area contributed by atoms with Crippen molar-refractivity contribution >= 4 is 11.6 Å². The number of nitrogens with zero attached hydrogens (tertiary/aromatic N) is 2. The topological polar surface area (TPSA) is 51.7 Å². The first-order valence-electron chi connectivity index (χ1n) is 7.30. The number of benzene rings is 1. The Labute approximate surface area is 129 Å². The van der Waals surface area contributed by atoms with Crippen molar-refractivity contribution in [2.75, 3.05) is 18.7 Å². The fourth-order valence-corrected chi connectivity index (χ4v) is 2.37. The third-order valence-electron chi connectivity index (χ3n) is 3.67. The van der Waals surface area contributed by atoms with Crippen molar-refractivity contribution in [2.24, 2.45) is 0 Å². The fraction of sp³-hybridized carbons (Fsp3) is 0.294. The van der Waals surface area contributed by atoms with E-state index in [0.717, 1.165) is 30.0 Å². The summed E-state index contributed by atoms with van der Waals surface area (Å²) in [6.07, 6.45) is 3.85. The van der Waals surface area contributed by atoms with Crippen LogP contribution in [0.25, 0.3) is 0 Å². The number of anilines is 1. The molecule has 1 aliphatic heterocycles. The number of carbonyl (C=O) groups excluding carboxylic acids is 1. The molecule has 3 rings (SSSR count). The van der Waals surface area contributed by atoms with Gasteiger partial charge in [0.1, 0.15) is 0 Å². The number of aryl methyl sites for hydroxylation is 1. The summed E-state index contributed by atoms with van der Waals surface area (Å²) in [6.45, 7) is 0.237. The highest BCUT2D eigenvalue weighted by Crippen LogP contribution is 2.35. The number of hydrogen-bond donors (Lipinski definition) is 0. The van der Waals surface area contributed by atoms with Crippen molar-refractivity contribution in [3.05, 3.63) is 48.3 Å². The van der Waals surface area contributed by atoms with Gasteiger partial charge in [-0.3, -0.25) is 9.78 Å². The maximum Gasteiger partial charge on any atom is 0.231 e. The van der Waals surface area contributed by atoms with Crippen LogP contribution >= 0.6 is 0 Å². The van der Waals surface area contributed by atoms with E-state index in [4.69, 9.17) is 9.47 Å². The van der Waals surface area contributed by atoms with Gasteiger partial charge >= 0.3 is 0 Å². The molecule has 2 aromatic rings. The molecule has 0 aliphatic carbocycles. The molecule has 0 saturated heterocycles. The average Bonchev–Trinajstić information content (AvgIpc) is 3.02. The molecular weight excluding hydrogens is 280 g/mol. The van der Waals surface area contributed by atoms with Crippen LogP contribution in [0.1, 0.15) is 18.5 Å². The molecule has 0 radical (unpaired) electrons. The van der Waals surface area contributed by atoms with Gasteiger partial charge < -0.3 is 14.4 Å². The number of aromatic nitrogens is 1. The second-order valence-corrected chi connectivity index (χ2v) is 5.16. The first kappa shape index (κ1) is 14.4. The van der Waals surface area contributed by atoms with Gasteiger partial charge in [-0.1, -0.05) is 6.07 Å². The summed E-state index contributed by atoms with van der Waals surface area (Å²) in [7, 11) is 1.78. The van der Waals surface area contributed by atoms with Crippen LogP contribution in [0.3, 0.4) is 0 Å². The zero-order chi connectivity index (χ0) is 15.4. The molecule has 1 aromatic carbocycles. The van der Waals surface area contributed by atoms with Gasteiger partial charge in [0, 0.05) is 37.1 Å². The van der Waals surface area contributed by atoms with Crippen molar-refractivity contribution in [2.45, 2.75) is 19.3 Å². The minimum absolute atomic E-state index is 0.0785. The maximum atomic E-state index is 12.3. The number of ether oxygens (including phenoxy) is 2. The van der Waals surface area contributed by atoms with Crippen LogP contribution in [0.5, 0.6) is 11.5 Å². The Balaban J connectivity index is 1.55. The zero-order valence-corrected chi connectivity index (χ0v) is 12.5. The third-order valence-corrected chi connectivity index (χ3v) is 3.67. The predicted molar refractivity (Wildman–Crippen MR) is 83.2 cm³/mol. The third kappa shape index (κ3) is 3.19. The van der Waals surface area contributed by atoms with E-state index in [9.17, 15) is 4.79 Å². The summed E-state index contributed by atoms with van der Waals surface area (Å²) in [5.41, 5.74) is 1.83. The number of hydrogen-bond acceptors (Lipinski definition) is 4. The minimum atomic E-state index is 0.0785. The molecule has 0 bridgehead atoms. The minimum Gasteiger partial charge on any atom is -0.454 e. The summed E-state index contributed by atoms with van der Waals surface area (Å²) in [4.78, 5) is 18.2. The molecule has 114 valence electrons. The SMILES string of the molecule is CN(C(=O)CCCc1ccccn1)c1ccc2c(c1)OCO2. The lowest BCUT2D eigenvalue weighted by atomic mass is 10.1. The zero-order valence-electron chi connectivity index (χ0n) is 12.5. The lowest BCUT2D eigenvalue weighted by Gasteiger charge is -2.17. The second kappa shape index (κ2) is 6.47. The van der Waals surface area contributed by atoms with Crippen LogP contribution in [0.15, 0.2) is 42.6 Å². The van der Waals surface area contributed by atoms with Gasteiger partial charge in [0.15, 0.2) is 11.5 Å². The Morgan fingerprint density at radius 2 is 2.09 bits per heavy atom. The molecule has 0 spiro atoms. The summed E-state index contributed by atoms with van der Waals surface area (Å²) < 4.78 is 10.6. The van der Waals surface area contributed by atoms with Crippen molar-refractivity contribution in [3.63, 3.8) is 0 Å². The molecule has 1 aromatic heterocycles. The van der Waals surface area contributed by atoms with Crippen LogP contribution in [-0.2, 0) is 11.2 Å². The quantitative estimate of drug-likeness (QED) is 0.851. The normalized spacial score (nSPS) is 12.2. The molecular formula is C17H18N2O3. The molecule has 0 saturated carbocycles. The van der Waals surface area contributed by atoms with Crippen LogP contribution < -0.4 is 14.4 Å². The van der Waals surface area contributed by atoms with Crippen molar-refractivity contribution in [3.8, 4) is 11.5 Å². The number of fused-ring (bicyclic) bond motifs is 1. The van der Waals surface area contributed by atoms with E-state index in [0.29, 0.717) is 12.2 Å². The Bertz CT molecular complexity index is 658. The Morgan fingerprint density at radius 3 is 2.91 bits per heavy atom. The highest BCUT2D eigenvalue weighted by molar-refractivity contribution is 5.93. The molecule has 1 amide bonds. The molecule has 0 atom stereocenters. The molecule has 0 unspecified atom stereocenters. The van der Waals surface area contributed by atoms with Gasteiger partial charge in [-0.05, 0) is 37.1 Å². The summed E-state index contributed by atoms with van der Waals surface area (Å²) in [6, 6.07) is 11.4. The molecule has 22 heavy (non-hydrogen) atoms. The van der Waals surface area contributed by atoms with Gasteiger partial charge in [0.2, 0.25) is 12.7 Å². The van der Waals surface area contributed by atoms with E-state index in [1.807, 2.05) is 36.4 Å². The first-order valence-corrected chi connectivity index (χ1v) is 7.30. The Morgan fingerprint density at radius 1 is 1.23 bits per heavy atom. The second-order valence-electron chi connectivity index (χ2n) is 5.16. The van der Waals surface area contributed by atoms with Crippen LogP contribution in [0.4, 0.5) is 5.69 Å². The number of rotatable bonds is 5. The van der Waals surface area contributed by atoms with Gasteiger partial charge in [-0.15, -0.1) is 0 Å². The van der Waals surface area contributed by atoms with Crippen molar-refractivity contribution in [1.29, 1.82) is 0 Å². The highest BCUT2D eigenvalue weighted by Gasteiger charge is 2.17. The molecule has 0 fully saturated rings. The van der Waals surface area contributed by atoms with Crippen molar-refractivity contribution < 1.29 is 14.3 Å². The van der Waals surface area contributed by atoms with E-state index >= 15 is 0 Å². The van der Waals surface area contributed by atoms with Crippen LogP contribution in [0.2, 0.25) is 0 Å². The summed E-state index contributed by atoms with van der Waals surface area (Å²) in [5.74, 6) is 1.49. The number of amides is 1. The average molecular weight is 298 g/mol. The summed E-state index contributed by atoms with van der Waals surface area (Å²) >= 11 is 0. The van der Waals surface area contributed by atoms with E-state index < -0.39 is 0 Å². The molecule has 1 aliphatic rings. The largest absolute Gasteiger partial charge is 0.454 e. The molecule has 2 heterocycles. The van der Waals surface area contributed by atoms with Gasteiger partial charge in [-0.25, -0.2) is 0 Å². The van der Waals surface area contributed by atoms with E-state index in [1.54, 1.807) is 18.1 Å². The fourth-order valence-electron chi connectivity index (χ4n) is 2.37. The maximum absolute atomic E-state index is 12.3. The van der Waals surface area contributed by atoms with Crippen LogP contribution in [-0.4, -0.2) is 24.7 Å². The number of carbonyl (C=O) groups is 1. The predicted octanol–water partition coefficient (Wildman–Crippen LogP) is 2.80. The lowest BCUT2D eigenvalue weighted by Crippen LogP contribution is -2.25. The molecule has 0 N–H and O–H groups in total. The number of pyridine rings is 1. The van der Waals surface area contributed by atoms with Gasteiger partial charge in [0.05, 0.1) is 0 Å². The smallest absolute Gasteiger partial charge is 0.231 e. The van der Waals surface area contributed by atoms with Crippen LogP contribution in [0, 0.1) is 0 Å². The van der Waals surface area contributed by atoms with E-state index in [2.05, 4.69) is 4.98 Å². The lowest BCUT2D eigenvalue weighted by molar-refractivity contribution is -0.118. The van der Waals surface area contributed by atoms with E-state index in [1.165, 1.54) is 0 Å². The Kier molecular flexibility index (Phi) is 4.23. The molecule has 5 heteroatoms. The van der Waals surface area contributed by atoms with Gasteiger partial charge in [-0.2, -0.15) is 0 Å². The van der Waals surface area contributed by atoms with E-state index in [-0.39, 0.29) is 12.7 Å². The summed E-state index contributed by atoms with van der Waals surface area (Å²) in [5, 5.41) is 0. The highest BCUT2D eigenvalue weighted by atomic mass is 16.7. The van der Waals surface area contributed by atoms with Crippen molar-refractivity contribution in [1.82, 2.24) is 4.98 Å².